The molecule has 4 fully saturated rings. The first-order valence-electron chi connectivity index (χ1n) is 7.54. The maximum Gasteiger partial charge on any atom is 0.0618 e. The molecule has 4 saturated carbocycles. The summed E-state index contributed by atoms with van der Waals surface area (Å²) < 4.78 is 5.45. The lowest BCUT2D eigenvalue weighted by molar-refractivity contribution is -0.0615. The molecule has 0 aliphatic heterocycles. The van der Waals surface area contributed by atoms with Crippen LogP contribution in [-0.4, -0.2) is 26.3 Å². The number of hydrogen-bond donors (Lipinski definition) is 1. The van der Waals surface area contributed by atoms with Gasteiger partial charge in [-0.2, -0.15) is 0 Å². The minimum atomic E-state index is 0.611. The Morgan fingerprint density at radius 2 is 1.65 bits per heavy atom. The summed E-state index contributed by atoms with van der Waals surface area (Å²) >= 11 is 0. The van der Waals surface area contributed by atoms with Crippen LogP contribution in [0.2, 0.25) is 0 Å². The van der Waals surface area contributed by atoms with Gasteiger partial charge in [0.05, 0.1) is 6.61 Å². The molecule has 0 amide bonds. The van der Waals surface area contributed by atoms with Crippen molar-refractivity contribution in [2.24, 2.45) is 29.6 Å². The Morgan fingerprint density at radius 3 is 2.12 bits per heavy atom. The number of nitrogens with one attached hydrogen (secondary N) is 1. The highest BCUT2D eigenvalue weighted by Gasteiger charge is 2.50. The third-order valence-electron chi connectivity index (χ3n) is 5.58. The first-order valence-corrected chi connectivity index (χ1v) is 7.54. The zero-order chi connectivity index (χ0) is 11.8. The van der Waals surface area contributed by atoms with Gasteiger partial charge in [0.1, 0.15) is 0 Å². The summed E-state index contributed by atoms with van der Waals surface area (Å²) in [5.74, 6) is 5.08. The summed E-state index contributed by atoms with van der Waals surface area (Å²) in [5.41, 5.74) is 0. The Balaban J connectivity index is 1.73. The molecule has 4 rings (SSSR count). The van der Waals surface area contributed by atoms with Crippen molar-refractivity contribution in [1.29, 1.82) is 0 Å². The van der Waals surface area contributed by atoms with Crippen molar-refractivity contribution in [2.75, 3.05) is 20.3 Å². The lowest BCUT2D eigenvalue weighted by atomic mass is 9.50. The molecule has 98 valence electrons. The summed E-state index contributed by atoms with van der Waals surface area (Å²) in [6.45, 7) is 4.20. The first-order chi connectivity index (χ1) is 8.31. The van der Waals surface area contributed by atoms with Gasteiger partial charge in [0, 0.05) is 13.2 Å². The van der Waals surface area contributed by atoms with Crippen LogP contribution in [0.5, 0.6) is 0 Å². The topological polar surface area (TPSA) is 21.3 Å². The molecule has 0 saturated heterocycles. The van der Waals surface area contributed by atoms with Crippen LogP contribution in [0.25, 0.3) is 0 Å². The average molecular weight is 237 g/mol. The summed E-state index contributed by atoms with van der Waals surface area (Å²) in [6.07, 6.45) is 7.62. The fraction of sp³-hybridized carbons (Fsp3) is 1.00. The molecule has 1 N–H and O–H groups in total. The third-order valence-corrected chi connectivity index (χ3v) is 5.58. The third kappa shape index (κ3) is 2.15. The van der Waals surface area contributed by atoms with Crippen molar-refractivity contribution < 1.29 is 4.74 Å². The Morgan fingerprint density at radius 1 is 1.06 bits per heavy atom. The lowest BCUT2D eigenvalue weighted by Gasteiger charge is -2.56. The second-order valence-corrected chi connectivity index (χ2v) is 6.63. The molecule has 1 atom stereocenters. The highest BCUT2D eigenvalue weighted by molar-refractivity contribution is 5.01. The van der Waals surface area contributed by atoms with Crippen LogP contribution >= 0.6 is 0 Å². The van der Waals surface area contributed by atoms with E-state index in [0.717, 1.165) is 42.7 Å². The quantitative estimate of drug-likeness (QED) is 0.794. The van der Waals surface area contributed by atoms with E-state index in [1.165, 1.54) is 25.7 Å². The maximum absolute atomic E-state index is 5.45. The largest absolute Gasteiger partial charge is 0.383 e. The van der Waals surface area contributed by atoms with Crippen LogP contribution < -0.4 is 5.32 Å². The fourth-order valence-electron chi connectivity index (χ4n) is 5.37. The van der Waals surface area contributed by atoms with E-state index in [4.69, 9.17) is 4.74 Å². The van der Waals surface area contributed by atoms with Crippen LogP contribution in [0.15, 0.2) is 0 Å². The van der Waals surface area contributed by atoms with Gasteiger partial charge in [0.15, 0.2) is 0 Å². The van der Waals surface area contributed by atoms with Crippen LogP contribution in [0, 0.1) is 29.6 Å². The SMILES string of the molecule is CCNC(COC)C1C2CC3CC(C2)CC1C3. The van der Waals surface area contributed by atoms with E-state index in [1.807, 2.05) is 7.11 Å². The van der Waals surface area contributed by atoms with Crippen molar-refractivity contribution in [3.8, 4) is 0 Å². The molecule has 0 aromatic rings. The van der Waals surface area contributed by atoms with Crippen LogP contribution in [0.3, 0.4) is 0 Å². The van der Waals surface area contributed by atoms with Crippen molar-refractivity contribution >= 4 is 0 Å². The van der Waals surface area contributed by atoms with Gasteiger partial charge in [-0.05, 0) is 68.2 Å². The molecule has 0 aromatic heterocycles. The van der Waals surface area contributed by atoms with Gasteiger partial charge in [0.2, 0.25) is 0 Å². The molecule has 2 heteroatoms. The molecule has 17 heavy (non-hydrogen) atoms. The van der Waals surface area contributed by atoms with Crippen molar-refractivity contribution in [2.45, 2.75) is 45.1 Å². The predicted molar refractivity (Wildman–Crippen MR) is 69.9 cm³/mol. The minimum absolute atomic E-state index is 0.611. The summed E-state index contributed by atoms with van der Waals surface area (Å²) in [6, 6.07) is 0.611. The van der Waals surface area contributed by atoms with E-state index in [1.54, 1.807) is 6.42 Å². The molecular formula is C15H27NO. The number of likely N-dealkylation sites (N-methyl/N-ethyl adjacent to an activating group) is 1. The van der Waals surface area contributed by atoms with E-state index < -0.39 is 0 Å². The standard InChI is InChI=1S/C15H27NO/c1-3-16-14(9-17-2)15-12-5-10-4-11(7-12)8-13(15)6-10/h10-16H,3-9H2,1-2H3. The average Bonchev–Trinajstić information content (AvgIpc) is 2.28. The molecule has 1 unspecified atom stereocenters. The monoisotopic (exact) mass is 237 g/mol. The van der Waals surface area contributed by atoms with E-state index in [2.05, 4.69) is 12.2 Å². The lowest BCUT2D eigenvalue weighted by Crippen LogP contribution is -2.54. The zero-order valence-corrected chi connectivity index (χ0v) is 11.3. The maximum atomic E-state index is 5.45. The molecule has 4 aliphatic rings. The molecule has 0 spiro atoms. The van der Waals surface area contributed by atoms with Crippen LogP contribution in [-0.2, 0) is 4.74 Å². The second kappa shape index (κ2) is 4.89. The van der Waals surface area contributed by atoms with Crippen LogP contribution in [0.4, 0.5) is 0 Å². The molecular weight excluding hydrogens is 210 g/mol. The van der Waals surface area contributed by atoms with E-state index in [-0.39, 0.29) is 0 Å². The van der Waals surface area contributed by atoms with Crippen molar-refractivity contribution in [1.82, 2.24) is 5.32 Å². The van der Waals surface area contributed by atoms with Crippen molar-refractivity contribution in [3.63, 3.8) is 0 Å². The normalized spacial score (nSPS) is 45.2. The van der Waals surface area contributed by atoms with Gasteiger partial charge in [0.25, 0.3) is 0 Å². The van der Waals surface area contributed by atoms with Gasteiger partial charge >= 0.3 is 0 Å². The minimum Gasteiger partial charge on any atom is -0.383 e. The summed E-state index contributed by atoms with van der Waals surface area (Å²) in [5, 5.41) is 3.69. The Hall–Kier alpha value is -0.0800. The number of methoxy groups -OCH3 is 1. The smallest absolute Gasteiger partial charge is 0.0618 e. The van der Waals surface area contributed by atoms with Gasteiger partial charge < -0.3 is 10.1 Å². The van der Waals surface area contributed by atoms with E-state index in [9.17, 15) is 0 Å². The molecule has 0 heterocycles. The molecule has 0 radical (unpaired) electrons. The fourth-order valence-corrected chi connectivity index (χ4v) is 5.37. The number of hydrogen-bond acceptors (Lipinski definition) is 2. The van der Waals surface area contributed by atoms with E-state index >= 15 is 0 Å². The predicted octanol–water partition coefficient (Wildman–Crippen LogP) is 2.68. The Labute approximate surface area is 105 Å². The second-order valence-electron chi connectivity index (χ2n) is 6.63. The highest BCUT2D eigenvalue weighted by Crippen LogP contribution is 2.57. The van der Waals surface area contributed by atoms with Crippen molar-refractivity contribution in [3.05, 3.63) is 0 Å². The molecule has 4 bridgehead atoms. The van der Waals surface area contributed by atoms with E-state index in [0.29, 0.717) is 6.04 Å². The summed E-state index contributed by atoms with van der Waals surface area (Å²) in [4.78, 5) is 0. The Kier molecular flexibility index (Phi) is 3.45. The van der Waals surface area contributed by atoms with Gasteiger partial charge in [-0.25, -0.2) is 0 Å². The summed E-state index contributed by atoms with van der Waals surface area (Å²) in [7, 11) is 1.85. The van der Waals surface area contributed by atoms with Crippen LogP contribution in [0.1, 0.15) is 39.0 Å². The van der Waals surface area contributed by atoms with Gasteiger partial charge in [-0.15, -0.1) is 0 Å². The van der Waals surface area contributed by atoms with Gasteiger partial charge in [-0.3, -0.25) is 0 Å². The molecule has 2 nitrogen and oxygen atoms in total. The Bertz CT molecular complexity index is 232. The zero-order valence-electron chi connectivity index (χ0n) is 11.3. The number of ether oxygens (including phenoxy) is 1. The highest BCUT2D eigenvalue weighted by atomic mass is 16.5. The number of rotatable bonds is 5. The first kappa shape index (κ1) is 12.0. The van der Waals surface area contributed by atoms with Gasteiger partial charge in [-0.1, -0.05) is 6.92 Å². The molecule has 4 aliphatic carbocycles. The molecule has 0 aromatic carbocycles.